The molecule has 0 amide bonds. The highest BCUT2D eigenvalue weighted by molar-refractivity contribution is 7.87. The Morgan fingerprint density at radius 1 is 1.26 bits per heavy atom. The molecule has 7 heteroatoms. The Morgan fingerprint density at radius 2 is 1.74 bits per heavy atom. The highest BCUT2D eigenvalue weighted by atomic mass is 32.2. The summed E-state index contributed by atoms with van der Waals surface area (Å²) in [6, 6.07) is 0. The summed E-state index contributed by atoms with van der Waals surface area (Å²) in [6.07, 6.45) is 2.08. The van der Waals surface area contributed by atoms with Gasteiger partial charge in [0.05, 0.1) is 0 Å². The van der Waals surface area contributed by atoms with E-state index in [1.54, 1.807) is 20.8 Å². The van der Waals surface area contributed by atoms with Crippen LogP contribution in [-0.4, -0.2) is 30.6 Å². The second kappa shape index (κ2) is 5.38. The van der Waals surface area contributed by atoms with Gasteiger partial charge in [-0.2, -0.15) is 17.9 Å². The molecule has 6 nitrogen and oxygen atoms in total. The minimum absolute atomic E-state index is 0.328. The number of nitrogens with one attached hydrogen (secondary N) is 2. The summed E-state index contributed by atoms with van der Waals surface area (Å²) in [6.45, 7) is 7.18. The second-order valence-electron chi connectivity index (χ2n) is 6.53. The van der Waals surface area contributed by atoms with Crippen LogP contribution >= 0.6 is 0 Å². The van der Waals surface area contributed by atoms with E-state index in [4.69, 9.17) is 0 Å². The van der Waals surface area contributed by atoms with E-state index in [0.29, 0.717) is 31.6 Å². The number of aliphatic carboxylic acids is 1. The fraction of sp³-hybridized carbons (Fsp3) is 0.917. The maximum atomic E-state index is 12.0. The van der Waals surface area contributed by atoms with E-state index in [2.05, 4.69) is 9.44 Å². The molecule has 0 aromatic carbocycles. The molecule has 0 radical (unpaired) electrons. The van der Waals surface area contributed by atoms with E-state index in [1.165, 1.54) is 0 Å². The molecular weight excluding hydrogens is 268 g/mol. The van der Waals surface area contributed by atoms with Crippen molar-refractivity contribution in [1.82, 2.24) is 9.44 Å². The van der Waals surface area contributed by atoms with Crippen molar-refractivity contribution in [1.29, 1.82) is 0 Å². The average molecular weight is 292 g/mol. The van der Waals surface area contributed by atoms with E-state index >= 15 is 0 Å². The van der Waals surface area contributed by atoms with Crippen LogP contribution in [-0.2, 0) is 15.0 Å². The predicted octanol–water partition coefficient (Wildman–Crippen LogP) is 1.24. The van der Waals surface area contributed by atoms with Gasteiger partial charge in [-0.25, -0.2) is 0 Å². The van der Waals surface area contributed by atoms with Crippen molar-refractivity contribution < 1.29 is 18.3 Å². The molecule has 1 aliphatic rings. The van der Waals surface area contributed by atoms with Gasteiger partial charge in [0.15, 0.2) is 0 Å². The Kier molecular flexibility index (Phi) is 4.64. The van der Waals surface area contributed by atoms with Gasteiger partial charge in [-0.3, -0.25) is 4.79 Å². The van der Waals surface area contributed by atoms with Gasteiger partial charge in [0.1, 0.15) is 5.54 Å². The Morgan fingerprint density at radius 3 is 2.11 bits per heavy atom. The molecule has 0 aromatic rings. The third-order valence-corrected chi connectivity index (χ3v) is 4.85. The molecule has 19 heavy (non-hydrogen) atoms. The van der Waals surface area contributed by atoms with Gasteiger partial charge in [-0.05, 0) is 52.4 Å². The van der Waals surface area contributed by atoms with Crippen LogP contribution in [0.15, 0.2) is 0 Å². The first-order valence-corrected chi connectivity index (χ1v) is 8.00. The number of hydrogen-bond acceptors (Lipinski definition) is 3. The largest absolute Gasteiger partial charge is 0.480 e. The lowest BCUT2D eigenvalue weighted by molar-refractivity contribution is -0.145. The minimum atomic E-state index is -3.84. The number of carboxylic acid groups (broad SMARTS) is 1. The van der Waals surface area contributed by atoms with E-state index in [1.807, 2.05) is 6.92 Å². The van der Waals surface area contributed by atoms with Gasteiger partial charge in [-0.1, -0.05) is 6.92 Å². The third kappa shape index (κ3) is 4.74. The van der Waals surface area contributed by atoms with Gasteiger partial charge < -0.3 is 5.11 Å². The van der Waals surface area contributed by atoms with Crippen LogP contribution in [0.5, 0.6) is 0 Å². The zero-order valence-electron chi connectivity index (χ0n) is 12.0. The maximum Gasteiger partial charge on any atom is 0.324 e. The van der Waals surface area contributed by atoms with Crippen LogP contribution in [0, 0.1) is 5.92 Å². The van der Waals surface area contributed by atoms with Gasteiger partial charge in [-0.15, -0.1) is 0 Å². The fourth-order valence-electron chi connectivity index (χ4n) is 2.30. The summed E-state index contributed by atoms with van der Waals surface area (Å²) in [5.74, 6) is -0.661. The van der Waals surface area contributed by atoms with Crippen LogP contribution in [0.2, 0.25) is 0 Å². The lowest BCUT2D eigenvalue weighted by Crippen LogP contribution is -2.60. The van der Waals surface area contributed by atoms with Crippen LogP contribution in [0.4, 0.5) is 0 Å². The number of carbonyl (C=O) groups is 1. The van der Waals surface area contributed by atoms with Gasteiger partial charge in [0, 0.05) is 5.54 Å². The van der Waals surface area contributed by atoms with Crippen molar-refractivity contribution in [3.05, 3.63) is 0 Å². The van der Waals surface area contributed by atoms with Crippen molar-refractivity contribution in [2.24, 2.45) is 5.92 Å². The van der Waals surface area contributed by atoms with E-state index in [9.17, 15) is 18.3 Å². The SMILES string of the molecule is CC1CCC(NS(=O)(=O)NC(C)(C)C)(C(=O)O)CC1. The van der Waals surface area contributed by atoms with E-state index in [0.717, 1.165) is 0 Å². The quantitative estimate of drug-likeness (QED) is 0.726. The number of rotatable bonds is 4. The standard InChI is InChI=1S/C12H24N2O4S/c1-9-5-7-12(8-6-9,10(15)16)14-19(17,18)13-11(2,3)4/h9,13-14H,5-8H2,1-4H3,(H,15,16). The van der Waals surface area contributed by atoms with Crippen LogP contribution in [0.1, 0.15) is 53.4 Å². The van der Waals surface area contributed by atoms with Crippen molar-refractivity contribution in [3.63, 3.8) is 0 Å². The van der Waals surface area contributed by atoms with E-state index in [-0.39, 0.29) is 0 Å². The molecule has 0 atom stereocenters. The lowest BCUT2D eigenvalue weighted by Gasteiger charge is -2.36. The molecule has 3 N–H and O–H groups in total. The molecular formula is C12H24N2O4S. The summed E-state index contributed by atoms with van der Waals surface area (Å²) in [4.78, 5) is 11.5. The zero-order chi connectivity index (χ0) is 14.9. The average Bonchev–Trinajstić information content (AvgIpc) is 2.17. The number of carboxylic acids is 1. The van der Waals surface area contributed by atoms with Crippen molar-refractivity contribution in [2.75, 3.05) is 0 Å². The molecule has 0 spiro atoms. The molecule has 0 bridgehead atoms. The predicted molar refractivity (Wildman–Crippen MR) is 72.9 cm³/mol. The first-order valence-electron chi connectivity index (χ1n) is 6.52. The first-order chi connectivity index (χ1) is 8.46. The molecule has 0 heterocycles. The zero-order valence-corrected chi connectivity index (χ0v) is 12.8. The Hall–Kier alpha value is -0.660. The summed E-state index contributed by atoms with van der Waals surface area (Å²) >= 11 is 0. The highest BCUT2D eigenvalue weighted by Gasteiger charge is 2.44. The number of hydrogen-bond donors (Lipinski definition) is 3. The van der Waals surface area contributed by atoms with Crippen LogP contribution in [0.25, 0.3) is 0 Å². The van der Waals surface area contributed by atoms with Crippen molar-refractivity contribution in [3.8, 4) is 0 Å². The van der Waals surface area contributed by atoms with Gasteiger partial charge in [0.2, 0.25) is 0 Å². The Balaban J connectivity index is 2.89. The monoisotopic (exact) mass is 292 g/mol. The smallest absolute Gasteiger partial charge is 0.324 e. The lowest BCUT2D eigenvalue weighted by atomic mass is 9.78. The van der Waals surface area contributed by atoms with Gasteiger partial charge in [0.25, 0.3) is 10.2 Å². The van der Waals surface area contributed by atoms with Crippen LogP contribution in [0.3, 0.4) is 0 Å². The molecule has 0 saturated heterocycles. The minimum Gasteiger partial charge on any atom is -0.480 e. The summed E-state index contributed by atoms with van der Waals surface area (Å²) in [7, 11) is -3.84. The van der Waals surface area contributed by atoms with Crippen molar-refractivity contribution in [2.45, 2.75) is 64.5 Å². The molecule has 1 saturated carbocycles. The summed E-state index contributed by atoms with van der Waals surface area (Å²) in [5, 5.41) is 9.38. The van der Waals surface area contributed by atoms with E-state index < -0.39 is 27.3 Å². The third-order valence-electron chi connectivity index (χ3n) is 3.31. The summed E-state index contributed by atoms with van der Waals surface area (Å²) in [5.41, 5.74) is -2.02. The Labute approximate surface area is 115 Å². The topological polar surface area (TPSA) is 95.5 Å². The molecule has 0 aromatic heterocycles. The molecule has 1 fully saturated rings. The fourth-order valence-corrected chi connectivity index (χ4v) is 3.96. The molecule has 0 unspecified atom stereocenters. The molecule has 1 rings (SSSR count). The van der Waals surface area contributed by atoms with Gasteiger partial charge >= 0.3 is 5.97 Å². The maximum absolute atomic E-state index is 12.0. The molecule has 112 valence electrons. The summed E-state index contributed by atoms with van der Waals surface area (Å²) < 4.78 is 28.8. The van der Waals surface area contributed by atoms with Crippen LogP contribution < -0.4 is 9.44 Å². The second-order valence-corrected chi connectivity index (χ2v) is 7.94. The Bertz CT molecular complexity index is 431. The first kappa shape index (κ1) is 16.4. The normalized spacial score (nSPS) is 29.2. The highest BCUT2D eigenvalue weighted by Crippen LogP contribution is 2.32. The van der Waals surface area contributed by atoms with Crippen molar-refractivity contribution >= 4 is 16.2 Å². The molecule has 0 aliphatic heterocycles. The molecule has 1 aliphatic carbocycles.